The third-order valence-corrected chi connectivity index (χ3v) is 13.0. The number of halogens is 1. The number of rotatable bonds is 27. The Morgan fingerprint density at radius 2 is 0.500 bits per heavy atom. The average Bonchev–Trinajstić information content (AvgIpc) is 0.909. The van der Waals surface area contributed by atoms with Gasteiger partial charge in [0, 0.05) is 42.3 Å². The minimum absolute atomic E-state index is 0.00295. The van der Waals surface area contributed by atoms with Crippen LogP contribution in [0.25, 0.3) is 36.5 Å². The lowest BCUT2D eigenvalue weighted by molar-refractivity contribution is -0.123. The molecule has 0 aliphatic heterocycles. The van der Waals surface area contributed by atoms with Crippen molar-refractivity contribution in [3.63, 3.8) is 0 Å². The summed E-state index contributed by atoms with van der Waals surface area (Å²) in [5, 5.41) is 28.2. The number of aromatic hydroxyl groups is 3. The number of nitrogens with zero attached hydrogens (tertiary/aromatic N) is 3. The normalized spacial score (nSPS) is 10.7. The smallest absolute Gasteiger partial charge is 0.414 e. The van der Waals surface area contributed by atoms with Gasteiger partial charge in [-0.3, -0.25) is 33.6 Å². The number of methoxy groups -OCH3 is 7. The number of amides is 3. The van der Waals surface area contributed by atoms with Crippen molar-refractivity contribution in [2.75, 3.05) is 92.1 Å². The van der Waals surface area contributed by atoms with Crippen molar-refractivity contribution in [3.05, 3.63) is 179 Å². The first-order chi connectivity index (χ1) is 46.6. The van der Waals surface area contributed by atoms with Crippen LogP contribution in [0, 0.1) is 0 Å². The van der Waals surface area contributed by atoms with Crippen molar-refractivity contribution in [2.24, 2.45) is 0 Å². The van der Waals surface area contributed by atoms with Crippen molar-refractivity contribution in [1.82, 2.24) is 14.7 Å². The van der Waals surface area contributed by atoms with Crippen LogP contribution in [0.3, 0.4) is 0 Å². The summed E-state index contributed by atoms with van der Waals surface area (Å²) in [6.45, 7) is 0. The molecule has 518 valence electrons. The number of carbonyl (C=O) groups excluding carboxylic acids is 9. The molecule has 24 nitrogen and oxygen atoms in total. The van der Waals surface area contributed by atoms with E-state index in [1.807, 2.05) is 0 Å². The highest BCUT2D eigenvalue weighted by Gasteiger charge is 2.15. The number of allylic oxidation sites excluding steroid dienone is 6. The number of hydrogen-bond acceptors (Lipinski definition) is 21. The predicted octanol–water partition coefficient (Wildman–Crippen LogP) is 12.0. The van der Waals surface area contributed by atoms with Gasteiger partial charge < -0.3 is 72.7 Å². The SMILES string of the molecule is CN(C)C(=O)Cl.COc1cc(/C=C/C(=O)CC(=O)/C=C/c2ccc(O)c(OC)c2)ccc1O.COc1cc(/C=C/C(=O)CC(=O)/C=C/c2ccc(OC(=O)N(C)C)c(OC)c2)ccc1O.COc1ccc(/C=C/C(=O)CC(=O)/C=C/c2ccc(OC(=O)N(C)C)c(OC)c2)cc1OC. The molecule has 0 aliphatic rings. The standard InChI is InChI=1S/C25H27NO7.C24H25NO7.C21H20O6.C3H6ClNO/c1-26(2)25(29)33-22-13-9-18(15-24(22)32-5)7-11-20(28)16-19(27)10-6-17-8-12-21(30-3)23(14-17)31-4;1-25(2)24(29)32-21-12-8-17(14-23(21)31-4)6-10-19(27)15-18(26)9-5-16-7-11-20(28)22(13-16)30-3;1-26-20-11-14(5-9-18(20)24)3-7-16(22)13-17(23)8-4-15-6-10-19(25)21(12-15)27-2;1-5(2)3(4)6/h6-15H,16H2,1-5H3;5-14,28H,15H2,1-4H3;3-12,24-25H,13H2,1-2H3;1-2H3/b10-6+,11-7+;9-5+,10-6+;7-3+,8-4+;. The molecule has 3 amide bonds. The van der Waals surface area contributed by atoms with E-state index in [1.54, 1.807) is 177 Å². The lowest BCUT2D eigenvalue weighted by Crippen LogP contribution is -2.25. The first-order valence-corrected chi connectivity index (χ1v) is 29.5. The zero-order valence-electron chi connectivity index (χ0n) is 56.4. The Balaban J connectivity index is 0.000000368. The van der Waals surface area contributed by atoms with Crippen molar-refractivity contribution < 1.29 is 101 Å². The molecule has 98 heavy (non-hydrogen) atoms. The molecule has 6 aromatic carbocycles. The zero-order chi connectivity index (χ0) is 73.0. The number of phenolic OH excluding ortho intramolecular Hbond substituents is 3. The van der Waals surface area contributed by atoms with Gasteiger partial charge in [0.15, 0.2) is 104 Å². The Hall–Kier alpha value is -11.9. The first kappa shape index (κ1) is 80.3. The summed E-state index contributed by atoms with van der Waals surface area (Å²) in [4.78, 5) is 110. The number of ether oxygens (including phenoxy) is 9. The van der Waals surface area contributed by atoms with E-state index in [1.165, 1.54) is 112 Å². The van der Waals surface area contributed by atoms with Crippen LogP contribution in [0.1, 0.15) is 52.6 Å². The second-order valence-electron chi connectivity index (χ2n) is 20.7. The lowest BCUT2D eigenvalue weighted by atomic mass is 10.1. The highest BCUT2D eigenvalue weighted by molar-refractivity contribution is 6.62. The van der Waals surface area contributed by atoms with E-state index in [2.05, 4.69) is 0 Å². The second kappa shape index (κ2) is 41.7. The molecule has 0 saturated carbocycles. The molecule has 0 aromatic heterocycles. The van der Waals surface area contributed by atoms with Crippen molar-refractivity contribution in [3.8, 4) is 69.0 Å². The highest BCUT2D eigenvalue weighted by atomic mass is 35.5. The first-order valence-electron chi connectivity index (χ1n) is 29.2. The van der Waals surface area contributed by atoms with Crippen molar-refractivity contribution in [1.29, 1.82) is 0 Å². The molecule has 0 fully saturated rings. The molecular formula is C73H78ClN3O21. The minimum atomic E-state index is -0.543. The third-order valence-electron chi connectivity index (χ3n) is 12.7. The average molecular weight is 1370 g/mol. The topological polar surface area (TPSA) is 307 Å². The monoisotopic (exact) mass is 1370 g/mol. The highest BCUT2D eigenvalue weighted by Crippen LogP contribution is 2.33. The number of phenols is 3. The summed E-state index contributed by atoms with van der Waals surface area (Å²) in [6.07, 6.45) is 15.3. The molecule has 0 bridgehead atoms. The van der Waals surface area contributed by atoms with Gasteiger partial charge in [0.2, 0.25) is 0 Å². The molecule has 0 aliphatic carbocycles. The molecule has 3 N–H and O–H groups in total. The maximum absolute atomic E-state index is 12.2. The van der Waals surface area contributed by atoms with E-state index in [0.29, 0.717) is 62.3 Å². The molecular weight excluding hydrogens is 1290 g/mol. The number of benzene rings is 6. The van der Waals surface area contributed by atoms with E-state index >= 15 is 0 Å². The molecule has 0 spiro atoms. The van der Waals surface area contributed by atoms with Crippen LogP contribution in [0.15, 0.2) is 146 Å². The quantitative estimate of drug-likeness (QED) is 0.0187. The number of ketones is 6. The van der Waals surface area contributed by atoms with Crippen LogP contribution >= 0.6 is 11.6 Å². The van der Waals surface area contributed by atoms with Gasteiger partial charge in [-0.25, -0.2) is 9.59 Å². The summed E-state index contributed by atoms with van der Waals surface area (Å²) >= 11 is 4.90. The fourth-order valence-corrected chi connectivity index (χ4v) is 7.47. The maximum atomic E-state index is 12.2. The van der Waals surface area contributed by atoms with Gasteiger partial charge in [-0.1, -0.05) is 72.9 Å². The molecule has 0 radical (unpaired) electrons. The van der Waals surface area contributed by atoms with E-state index in [4.69, 9.17) is 54.2 Å². The Morgan fingerprint density at radius 1 is 0.306 bits per heavy atom. The largest absolute Gasteiger partial charge is 0.504 e. The fraction of sp³-hybridized carbons (Fsp3) is 0.219. The summed E-state index contributed by atoms with van der Waals surface area (Å²) in [7, 11) is 19.7. The lowest BCUT2D eigenvalue weighted by Gasteiger charge is -2.13. The van der Waals surface area contributed by atoms with Gasteiger partial charge in [-0.15, -0.1) is 0 Å². The predicted molar refractivity (Wildman–Crippen MR) is 372 cm³/mol. The van der Waals surface area contributed by atoms with Gasteiger partial charge >= 0.3 is 17.6 Å². The summed E-state index contributed by atoms with van der Waals surface area (Å²) in [5.74, 6) is 1.10. The molecule has 0 atom stereocenters. The van der Waals surface area contributed by atoms with Crippen LogP contribution in [0.4, 0.5) is 14.4 Å². The van der Waals surface area contributed by atoms with Crippen LogP contribution in [-0.4, -0.2) is 174 Å². The van der Waals surface area contributed by atoms with E-state index in [0.717, 1.165) is 5.56 Å². The van der Waals surface area contributed by atoms with E-state index < -0.39 is 17.6 Å². The number of hydrogen-bond donors (Lipinski definition) is 3. The molecule has 0 unspecified atom stereocenters. The fourth-order valence-electron chi connectivity index (χ4n) is 7.47. The van der Waals surface area contributed by atoms with Gasteiger partial charge in [0.05, 0.1) is 69.0 Å². The van der Waals surface area contributed by atoms with Crippen LogP contribution in [-0.2, 0) is 28.8 Å². The van der Waals surface area contributed by atoms with Gasteiger partial charge in [-0.05, 0) is 154 Å². The Kier molecular flexibility index (Phi) is 34.2. The molecule has 0 heterocycles. The van der Waals surface area contributed by atoms with Gasteiger partial charge in [0.25, 0.3) is 0 Å². The van der Waals surface area contributed by atoms with Gasteiger partial charge in [0.1, 0.15) is 0 Å². The van der Waals surface area contributed by atoms with Gasteiger partial charge in [-0.2, -0.15) is 0 Å². The second-order valence-corrected chi connectivity index (χ2v) is 21.1. The van der Waals surface area contributed by atoms with E-state index in [9.17, 15) is 58.5 Å². The van der Waals surface area contributed by atoms with Crippen molar-refractivity contribution in [2.45, 2.75) is 19.3 Å². The van der Waals surface area contributed by atoms with Crippen LogP contribution in [0.5, 0.6) is 69.0 Å². The third kappa shape index (κ3) is 28.7. The molecule has 6 aromatic rings. The maximum Gasteiger partial charge on any atom is 0.414 e. The summed E-state index contributed by atoms with van der Waals surface area (Å²) in [5.41, 5.74) is 4.01. The van der Waals surface area contributed by atoms with Crippen LogP contribution < -0.4 is 42.6 Å². The zero-order valence-corrected chi connectivity index (χ0v) is 57.1. The summed E-state index contributed by atoms with van der Waals surface area (Å²) < 4.78 is 46.3. The number of carbonyl (C=O) groups is 9. The molecule has 25 heteroatoms. The molecule has 6 rings (SSSR count). The Bertz CT molecular complexity index is 3900. The van der Waals surface area contributed by atoms with Crippen molar-refractivity contribution >= 4 is 100 Å². The summed E-state index contributed by atoms with van der Waals surface area (Å²) in [6, 6.07) is 28.9. The minimum Gasteiger partial charge on any atom is -0.504 e. The Morgan fingerprint density at radius 3 is 0.704 bits per heavy atom. The molecule has 0 saturated heterocycles. The van der Waals surface area contributed by atoms with E-state index in [-0.39, 0.29) is 88.5 Å². The van der Waals surface area contributed by atoms with Crippen LogP contribution in [0.2, 0.25) is 0 Å². The Labute approximate surface area is 573 Å².